The van der Waals surface area contributed by atoms with Crippen molar-refractivity contribution in [1.82, 2.24) is 4.90 Å². The van der Waals surface area contributed by atoms with Gasteiger partial charge in [-0.3, -0.25) is 0 Å². The Kier molecular flexibility index (Phi) is 3.95. The Labute approximate surface area is 144 Å². The highest BCUT2D eigenvalue weighted by atomic mass is 35.5. The molecule has 4 rings (SSSR count). The van der Waals surface area contributed by atoms with Crippen molar-refractivity contribution >= 4 is 11.6 Å². The number of halogens is 1. The number of aryl methyl sites for hydroxylation is 1. The van der Waals surface area contributed by atoms with Gasteiger partial charge in [0.2, 0.25) is 0 Å². The molecule has 1 saturated heterocycles. The molecule has 0 amide bonds. The fourth-order valence-corrected chi connectivity index (χ4v) is 4.83. The third-order valence-corrected chi connectivity index (χ3v) is 6.01. The molecule has 0 N–H and O–H groups in total. The van der Waals surface area contributed by atoms with Gasteiger partial charge in [-0.25, -0.2) is 0 Å². The van der Waals surface area contributed by atoms with Crippen LogP contribution in [0.3, 0.4) is 0 Å². The Bertz CT molecular complexity index is 706. The van der Waals surface area contributed by atoms with Gasteiger partial charge < -0.3 is 4.90 Å². The minimum atomic E-state index is 0.485. The Hall–Kier alpha value is -1.31. The summed E-state index contributed by atoms with van der Waals surface area (Å²) in [5.41, 5.74) is 5.82. The molecule has 2 aromatic carbocycles. The second kappa shape index (κ2) is 5.96. The molecule has 0 aromatic heterocycles. The Morgan fingerprint density at radius 2 is 1.87 bits per heavy atom. The van der Waals surface area contributed by atoms with Crippen LogP contribution in [0, 0.1) is 11.8 Å². The third-order valence-electron chi connectivity index (χ3n) is 5.77. The minimum Gasteiger partial charge on any atom is -0.306 e. The highest BCUT2D eigenvalue weighted by Crippen LogP contribution is 2.47. The van der Waals surface area contributed by atoms with E-state index in [1.165, 1.54) is 41.8 Å². The van der Waals surface area contributed by atoms with Crippen LogP contribution >= 0.6 is 11.6 Å². The number of rotatable bonds is 2. The lowest BCUT2D eigenvalue weighted by molar-refractivity contribution is 0.351. The lowest BCUT2D eigenvalue weighted by atomic mass is 9.68. The van der Waals surface area contributed by atoms with Crippen molar-refractivity contribution in [3.05, 3.63) is 69.7 Å². The van der Waals surface area contributed by atoms with Gasteiger partial charge in [0.05, 0.1) is 0 Å². The van der Waals surface area contributed by atoms with Gasteiger partial charge in [-0.2, -0.15) is 0 Å². The summed E-state index contributed by atoms with van der Waals surface area (Å²) in [4.78, 5) is 2.50. The number of hydrogen-bond donors (Lipinski definition) is 0. The molecule has 0 saturated carbocycles. The van der Waals surface area contributed by atoms with Crippen LogP contribution in [0.2, 0.25) is 5.02 Å². The molecule has 3 atom stereocenters. The molecule has 1 aliphatic heterocycles. The summed E-state index contributed by atoms with van der Waals surface area (Å²) >= 11 is 6.34. The van der Waals surface area contributed by atoms with E-state index in [1.54, 1.807) is 0 Å². The Morgan fingerprint density at radius 3 is 2.61 bits per heavy atom. The van der Waals surface area contributed by atoms with Gasteiger partial charge in [0.15, 0.2) is 0 Å². The predicted octanol–water partition coefficient (Wildman–Crippen LogP) is 4.77. The van der Waals surface area contributed by atoms with Gasteiger partial charge in [-0.1, -0.05) is 48.9 Å². The van der Waals surface area contributed by atoms with E-state index in [9.17, 15) is 0 Å². The molecule has 2 aliphatic rings. The maximum atomic E-state index is 6.34. The molecule has 2 heteroatoms. The number of likely N-dealkylation sites (tertiary alicyclic amines) is 1. The van der Waals surface area contributed by atoms with Gasteiger partial charge in [0.1, 0.15) is 0 Å². The van der Waals surface area contributed by atoms with Crippen LogP contribution in [-0.2, 0) is 12.8 Å². The summed E-state index contributed by atoms with van der Waals surface area (Å²) in [6.07, 6.45) is 2.30. The lowest BCUT2D eigenvalue weighted by Crippen LogP contribution is -2.29. The topological polar surface area (TPSA) is 3.24 Å². The largest absolute Gasteiger partial charge is 0.306 e. The van der Waals surface area contributed by atoms with Crippen LogP contribution in [0.5, 0.6) is 0 Å². The molecular formula is C21H24ClN. The Morgan fingerprint density at radius 1 is 1.09 bits per heavy atom. The van der Waals surface area contributed by atoms with Crippen LogP contribution in [-0.4, -0.2) is 25.0 Å². The highest BCUT2D eigenvalue weighted by Gasteiger charge is 2.42. The van der Waals surface area contributed by atoms with E-state index in [2.05, 4.69) is 61.3 Å². The van der Waals surface area contributed by atoms with Gasteiger partial charge >= 0.3 is 0 Å². The van der Waals surface area contributed by atoms with Crippen LogP contribution in [0.4, 0.5) is 0 Å². The average molecular weight is 326 g/mol. The van der Waals surface area contributed by atoms with E-state index in [0.29, 0.717) is 11.8 Å². The molecule has 2 aromatic rings. The molecule has 23 heavy (non-hydrogen) atoms. The van der Waals surface area contributed by atoms with Gasteiger partial charge in [0.25, 0.3) is 0 Å². The summed E-state index contributed by atoms with van der Waals surface area (Å²) in [5.74, 6) is 1.96. The third kappa shape index (κ3) is 2.70. The molecule has 0 spiro atoms. The molecule has 0 bridgehead atoms. The second-order valence-corrected chi connectivity index (χ2v) is 7.70. The number of benzene rings is 2. The predicted molar refractivity (Wildman–Crippen MR) is 97.3 cm³/mol. The van der Waals surface area contributed by atoms with Crippen LogP contribution in [0.1, 0.15) is 35.1 Å². The average Bonchev–Trinajstić information content (AvgIpc) is 2.92. The zero-order valence-electron chi connectivity index (χ0n) is 13.9. The van der Waals surface area contributed by atoms with E-state index in [0.717, 1.165) is 17.4 Å². The van der Waals surface area contributed by atoms with Crippen molar-refractivity contribution in [2.75, 3.05) is 20.1 Å². The molecule has 3 unspecified atom stereocenters. The zero-order chi connectivity index (χ0) is 16.0. The van der Waals surface area contributed by atoms with E-state index < -0.39 is 0 Å². The summed E-state index contributed by atoms with van der Waals surface area (Å²) in [6, 6.07) is 15.8. The number of hydrogen-bond acceptors (Lipinski definition) is 1. The molecule has 1 heterocycles. The molecular weight excluding hydrogens is 302 g/mol. The van der Waals surface area contributed by atoms with E-state index in [1.807, 2.05) is 0 Å². The van der Waals surface area contributed by atoms with Crippen molar-refractivity contribution < 1.29 is 0 Å². The molecule has 0 radical (unpaired) electrons. The SMILES string of the molecule is CCc1ccc(C2c3cc(Cl)ccc3CC3CN(C)CC32)cc1. The summed E-state index contributed by atoms with van der Waals surface area (Å²) in [6.45, 7) is 4.62. The van der Waals surface area contributed by atoms with E-state index in [-0.39, 0.29) is 0 Å². The second-order valence-electron chi connectivity index (χ2n) is 7.27. The fraction of sp³-hybridized carbons (Fsp3) is 0.429. The molecule has 1 fully saturated rings. The number of fused-ring (bicyclic) bond motifs is 2. The summed E-state index contributed by atoms with van der Waals surface area (Å²) < 4.78 is 0. The van der Waals surface area contributed by atoms with Gasteiger partial charge in [-0.05, 0) is 66.1 Å². The first-order valence-corrected chi connectivity index (χ1v) is 9.09. The molecule has 1 aliphatic carbocycles. The van der Waals surface area contributed by atoms with Gasteiger partial charge in [0, 0.05) is 24.0 Å². The normalized spacial score (nSPS) is 26.8. The maximum absolute atomic E-state index is 6.34. The first-order chi connectivity index (χ1) is 11.2. The summed E-state index contributed by atoms with van der Waals surface area (Å²) in [7, 11) is 2.26. The smallest absolute Gasteiger partial charge is 0.0409 e. The fourth-order valence-electron chi connectivity index (χ4n) is 4.65. The number of nitrogens with zero attached hydrogens (tertiary/aromatic N) is 1. The lowest BCUT2D eigenvalue weighted by Gasteiger charge is -2.36. The minimum absolute atomic E-state index is 0.485. The van der Waals surface area contributed by atoms with Crippen molar-refractivity contribution in [3.63, 3.8) is 0 Å². The van der Waals surface area contributed by atoms with E-state index in [4.69, 9.17) is 11.6 Å². The van der Waals surface area contributed by atoms with Crippen LogP contribution in [0.25, 0.3) is 0 Å². The monoisotopic (exact) mass is 325 g/mol. The zero-order valence-corrected chi connectivity index (χ0v) is 14.7. The van der Waals surface area contributed by atoms with Crippen molar-refractivity contribution in [1.29, 1.82) is 0 Å². The summed E-state index contributed by atoms with van der Waals surface area (Å²) in [5, 5.41) is 0.865. The maximum Gasteiger partial charge on any atom is 0.0409 e. The van der Waals surface area contributed by atoms with Crippen LogP contribution in [0.15, 0.2) is 42.5 Å². The van der Waals surface area contributed by atoms with Crippen molar-refractivity contribution in [2.45, 2.75) is 25.7 Å². The molecule has 1 nitrogen and oxygen atoms in total. The molecule has 120 valence electrons. The quantitative estimate of drug-likeness (QED) is 0.769. The van der Waals surface area contributed by atoms with Crippen molar-refractivity contribution in [3.8, 4) is 0 Å². The standard InChI is InChI=1S/C21H24ClN/c1-3-14-4-6-15(7-5-14)21-19-11-18(22)9-8-16(19)10-17-12-23(2)13-20(17)21/h4-9,11,17,20-21H,3,10,12-13H2,1-2H3. The van der Waals surface area contributed by atoms with E-state index >= 15 is 0 Å². The van der Waals surface area contributed by atoms with Crippen LogP contribution < -0.4 is 0 Å². The first-order valence-electron chi connectivity index (χ1n) is 8.71. The van der Waals surface area contributed by atoms with Gasteiger partial charge in [-0.15, -0.1) is 0 Å². The first kappa shape index (κ1) is 15.2. The Balaban J connectivity index is 1.81. The van der Waals surface area contributed by atoms with Crippen molar-refractivity contribution in [2.24, 2.45) is 11.8 Å². The highest BCUT2D eigenvalue weighted by molar-refractivity contribution is 6.30.